The van der Waals surface area contributed by atoms with E-state index in [9.17, 15) is 13.2 Å². The van der Waals surface area contributed by atoms with Crippen molar-refractivity contribution in [2.45, 2.75) is 26.8 Å². The molecule has 0 fully saturated rings. The topological polar surface area (TPSA) is 39.7 Å². The molecule has 0 atom stereocenters. The molecule has 21 heavy (non-hydrogen) atoms. The first-order valence-electron chi connectivity index (χ1n) is 6.76. The lowest BCUT2D eigenvalue weighted by atomic mass is 10.2. The number of ether oxygens (including phenoxy) is 3. The number of hydrogen-bond donors (Lipinski definition) is 1. The molecule has 0 aliphatic carbocycles. The molecule has 1 rings (SSSR count). The van der Waals surface area contributed by atoms with Gasteiger partial charge in [0.05, 0.1) is 13.2 Å². The van der Waals surface area contributed by atoms with Crippen LogP contribution in [0.5, 0.6) is 11.5 Å². The second-order valence-electron chi connectivity index (χ2n) is 4.14. The van der Waals surface area contributed by atoms with Gasteiger partial charge in [-0.15, -0.1) is 13.2 Å². The maximum absolute atomic E-state index is 11.8. The largest absolute Gasteiger partial charge is 0.522 e. The van der Waals surface area contributed by atoms with Crippen molar-refractivity contribution in [3.8, 4) is 11.5 Å². The molecular formula is C14H20F3NO3. The summed E-state index contributed by atoms with van der Waals surface area (Å²) in [6.07, 6.45) is -4.64. The van der Waals surface area contributed by atoms with E-state index in [-0.39, 0.29) is 6.61 Å². The Morgan fingerprint density at radius 2 is 1.81 bits per heavy atom. The van der Waals surface area contributed by atoms with Crippen LogP contribution < -0.4 is 14.8 Å². The van der Waals surface area contributed by atoms with Crippen molar-refractivity contribution in [3.63, 3.8) is 0 Å². The Balaban J connectivity index is 2.59. The van der Waals surface area contributed by atoms with Gasteiger partial charge in [0, 0.05) is 6.54 Å². The minimum Gasteiger partial charge on any atom is -0.490 e. The number of benzene rings is 1. The second kappa shape index (κ2) is 8.74. The van der Waals surface area contributed by atoms with Crippen LogP contribution in [0.3, 0.4) is 0 Å². The molecule has 0 aliphatic heterocycles. The summed E-state index contributed by atoms with van der Waals surface area (Å²) < 4.78 is 49.9. The minimum atomic E-state index is -4.64. The molecule has 0 amide bonds. The van der Waals surface area contributed by atoms with Crippen molar-refractivity contribution in [2.24, 2.45) is 0 Å². The molecule has 7 heteroatoms. The normalized spacial score (nSPS) is 11.5. The number of rotatable bonds is 9. The smallest absolute Gasteiger partial charge is 0.490 e. The molecule has 0 aromatic heterocycles. The average Bonchev–Trinajstić information content (AvgIpc) is 2.42. The Morgan fingerprint density at radius 3 is 2.43 bits per heavy atom. The Labute approximate surface area is 122 Å². The van der Waals surface area contributed by atoms with Crippen molar-refractivity contribution >= 4 is 0 Å². The quantitative estimate of drug-likeness (QED) is 0.712. The molecule has 0 unspecified atom stereocenters. The summed E-state index contributed by atoms with van der Waals surface area (Å²) in [5.41, 5.74) is 1.01. The molecular weight excluding hydrogens is 287 g/mol. The van der Waals surface area contributed by atoms with Crippen LogP contribution in [0.15, 0.2) is 18.2 Å². The van der Waals surface area contributed by atoms with Crippen LogP contribution in [0.1, 0.15) is 19.4 Å². The molecule has 0 radical (unpaired) electrons. The summed E-state index contributed by atoms with van der Waals surface area (Å²) in [7, 11) is 0. The standard InChI is InChI=1S/C14H20F3NO3/c1-3-18-10-11-5-6-12(13(9-11)19-4-2)20-7-8-21-14(15,16)17/h5-6,9,18H,3-4,7-8,10H2,1-2H3. The van der Waals surface area contributed by atoms with E-state index in [2.05, 4.69) is 10.1 Å². The molecule has 0 bridgehead atoms. The molecule has 1 aromatic carbocycles. The van der Waals surface area contributed by atoms with Crippen LogP contribution >= 0.6 is 0 Å². The van der Waals surface area contributed by atoms with Crippen molar-refractivity contribution in [3.05, 3.63) is 23.8 Å². The first-order chi connectivity index (χ1) is 9.96. The molecule has 0 spiro atoms. The lowest BCUT2D eigenvalue weighted by Gasteiger charge is -2.14. The van der Waals surface area contributed by atoms with E-state index in [4.69, 9.17) is 9.47 Å². The van der Waals surface area contributed by atoms with Crippen LogP contribution in [-0.4, -0.2) is 32.7 Å². The van der Waals surface area contributed by atoms with E-state index < -0.39 is 13.0 Å². The summed E-state index contributed by atoms with van der Waals surface area (Å²) in [6, 6.07) is 5.34. The van der Waals surface area contributed by atoms with Gasteiger partial charge in [0.15, 0.2) is 11.5 Å². The van der Waals surface area contributed by atoms with E-state index in [1.54, 1.807) is 6.07 Å². The zero-order valence-corrected chi connectivity index (χ0v) is 12.1. The predicted molar refractivity (Wildman–Crippen MR) is 72.5 cm³/mol. The number of hydrogen-bond acceptors (Lipinski definition) is 4. The van der Waals surface area contributed by atoms with Gasteiger partial charge in [-0.3, -0.25) is 4.74 Å². The van der Waals surface area contributed by atoms with Crippen molar-refractivity contribution in [2.75, 3.05) is 26.4 Å². The predicted octanol–water partition coefficient (Wildman–Crippen LogP) is 3.11. The fraction of sp³-hybridized carbons (Fsp3) is 0.571. The third-order valence-corrected chi connectivity index (χ3v) is 2.49. The van der Waals surface area contributed by atoms with Gasteiger partial charge in [-0.2, -0.15) is 0 Å². The number of alkyl halides is 3. The summed E-state index contributed by atoms with van der Waals surface area (Å²) in [4.78, 5) is 0. The van der Waals surface area contributed by atoms with Crippen LogP contribution in [0.25, 0.3) is 0 Å². The lowest BCUT2D eigenvalue weighted by Crippen LogP contribution is -2.18. The highest BCUT2D eigenvalue weighted by Crippen LogP contribution is 2.28. The summed E-state index contributed by atoms with van der Waals surface area (Å²) in [5, 5.41) is 3.18. The van der Waals surface area contributed by atoms with Crippen LogP contribution in [0.2, 0.25) is 0 Å². The average molecular weight is 307 g/mol. The molecule has 0 saturated carbocycles. The van der Waals surface area contributed by atoms with Gasteiger partial charge in [0.2, 0.25) is 0 Å². The van der Waals surface area contributed by atoms with E-state index >= 15 is 0 Å². The van der Waals surface area contributed by atoms with Gasteiger partial charge in [0.25, 0.3) is 0 Å². The van der Waals surface area contributed by atoms with Crippen LogP contribution in [0, 0.1) is 0 Å². The zero-order chi connectivity index (χ0) is 15.7. The molecule has 4 nitrogen and oxygen atoms in total. The van der Waals surface area contributed by atoms with Crippen LogP contribution in [-0.2, 0) is 11.3 Å². The lowest BCUT2D eigenvalue weighted by molar-refractivity contribution is -0.325. The Kier molecular flexibility index (Phi) is 7.31. The molecule has 0 saturated heterocycles. The highest BCUT2D eigenvalue weighted by molar-refractivity contribution is 5.43. The Hall–Kier alpha value is -1.47. The number of halogens is 3. The van der Waals surface area contributed by atoms with Gasteiger partial charge in [-0.25, -0.2) is 0 Å². The molecule has 0 aliphatic rings. The fourth-order valence-corrected chi connectivity index (χ4v) is 1.63. The van der Waals surface area contributed by atoms with Gasteiger partial charge in [-0.1, -0.05) is 13.0 Å². The van der Waals surface area contributed by atoms with E-state index in [0.29, 0.717) is 24.7 Å². The van der Waals surface area contributed by atoms with Gasteiger partial charge < -0.3 is 14.8 Å². The maximum atomic E-state index is 11.8. The maximum Gasteiger partial charge on any atom is 0.522 e. The molecule has 120 valence electrons. The number of nitrogens with one attached hydrogen (secondary N) is 1. The summed E-state index contributed by atoms with van der Waals surface area (Å²) >= 11 is 0. The van der Waals surface area contributed by atoms with Crippen molar-refractivity contribution in [1.29, 1.82) is 0 Å². The minimum absolute atomic E-state index is 0.202. The van der Waals surface area contributed by atoms with Gasteiger partial charge in [0.1, 0.15) is 6.61 Å². The fourth-order valence-electron chi connectivity index (χ4n) is 1.63. The van der Waals surface area contributed by atoms with Crippen molar-refractivity contribution in [1.82, 2.24) is 5.32 Å². The van der Waals surface area contributed by atoms with E-state index in [1.807, 2.05) is 26.0 Å². The molecule has 1 N–H and O–H groups in total. The molecule has 1 aromatic rings. The SMILES string of the molecule is CCNCc1ccc(OCCOC(F)(F)F)c(OCC)c1. The third kappa shape index (κ3) is 7.19. The second-order valence-corrected chi connectivity index (χ2v) is 4.14. The zero-order valence-electron chi connectivity index (χ0n) is 12.1. The Bertz CT molecular complexity index is 424. The summed E-state index contributed by atoms with van der Waals surface area (Å²) in [5.74, 6) is 0.919. The van der Waals surface area contributed by atoms with Gasteiger partial charge >= 0.3 is 6.36 Å². The van der Waals surface area contributed by atoms with Gasteiger partial charge in [-0.05, 0) is 31.2 Å². The molecule has 0 heterocycles. The first-order valence-corrected chi connectivity index (χ1v) is 6.76. The van der Waals surface area contributed by atoms with Crippen molar-refractivity contribution < 1.29 is 27.4 Å². The van der Waals surface area contributed by atoms with Crippen LogP contribution in [0.4, 0.5) is 13.2 Å². The summed E-state index contributed by atoms with van der Waals surface area (Å²) in [6.45, 7) is 5.04. The highest BCUT2D eigenvalue weighted by Gasteiger charge is 2.28. The van der Waals surface area contributed by atoms with E-state index in [0.717, 1.165) is 12.1 Å². The third-order valence-electron chi connectivity index (χ3n) is 2.49. The Morgan fingerprint density at radius 1 is 1.05 bits per heavy atom. The van der Waals surface area contributed by atoms with E-state index in [1.165, 1.54) is 0 Å². The monoisotopic (exact) mass is 307 g/mol. The first kappa shape index (κ1) is 17.6. The highest BCUT2D eigenvalue weighted by atomic mass is 19.4.